The topological polar surface area (TPSA) is 70.2 Å². The SMILES string of the molecule is CC(C)=CC(=O)Nc1cccc(NC(=O)NC(C)C)c1. The normalized spacial score (nSPS) is 9.85. The Labute approximate surface area is 119 Å². The number of hydrogen-bond acceptors (Lipinski definition) is 2. The first-order valence-corrected chi connectivity index (χ1v) is 6.50. The number of hydrogen-bond donors (Lipinski definition) is 3. The number of rotatable bonds is 4. The van der Waals surface area contributed by atoms with E-state index in [1.54, 1.807) is 24.3 Å². The van der Waals surface area contributed by atoms with Gasteiger partial charge in [0.1, 0.15) is 0 Å². The Morgan fingerprint density at radius 3 is 2.25 bits per heavy atom. The van der Waals surface area contributed by atoms with E-state index in [1.165, 1.54) is 6.08 Å². The van der Waals surface area contributed by atoms with Crippen molar-refractivity contribution in [2.45, 2.75) is 33.7 Å². The Bertz CT molecular complexity index is 518. The van der Waals surface area contributed by atoms with Gasteiger partial charge < -0.3 is 16.0 Å². The van der Waals surface area contributed by atoms with Gasteiger partial charge in [0.25, 0.3) is 0 Å². The molecule has 1 rings (SSSR count). The molecule has 5 heteroatoms. The molecule has 0 aliphatic heterocycles. The minimum Gasteiger partial charge on any atom is -0.336 e. The molecule has 0 heterocycles. The van der Waals surface area contributed by atoms with Crippen molar-refractivity contribution in [2.24, 2.45) is 0 Å². The molecule has 0 aliphatic rings. The maximum absolute atomic E-state index is 11.6. The zero-order valence-electron chi connectivity index (χ0n) is 12.3. The lowest BCUT2D eigenvalue weighted by Crippen LogP contribution is -2.34. The Kier molecular flexibility index (Phi) is 5.77. The standard InChI is InChI=1S/C15H21N3O2/c1-10(2)8-14(19)17-12-6-5-7-13(9-12)18-15(20)16-11(3)4/h5-9,11H,1-4H3,(H,17,19)(H2,16,18,20). The second kappa shape index (κ2) is 7.33. The number of amides is 3. The number of nitrogens with one attached hydrogen (secondary N) is 3. The van der Waals surface area contributed by atoms with Crippen molar-refractivity contribution in [3.8, 4) is 0 Å². The van der Waals surface area contributed by atoms with Gasteiger partial charge in [-0.2, -0.15) is 0 Å². The third kappa shape index (κ3) is 6.04. The van der Waals surface area contributed by atoms with Crippen LogP contribution >= 0.6 is 0 Å². The number of anilines is 2. The molecule has 0 saturated carbocycles. The van der Waals surface area contributed by atoms with Crippen LogP contribution in [0.25, 0.3) is 0 Å². The van der Waals surface area contributed by atoms with Gasteiger partial charge in [0.05, 0.1) is 0 Å². The summed E-state index contributed by atoms with van der Waals surface area (Å²) in [6.07, 6.45) is 1.52. The van der Waals surface area contributed by atoms with Gasteiger partial charge in [0.15, 0.2) is 0 Å². The van der Waals surface area contributed by atoms with Gasteiger partial charge in [-0.15, -0.1) is 0 Å². The molecule has 0 saturated heterocycles. The summed E-state index contributed by atoms with van der Waals surface area (Å²) in [5.74, 6) is -0.186. The zero-order chi connectivity index (χ0) is 15.1. The molecule has 0 aliphatic carbocycles. The predicted molar refractivity (Wildman–Crippen MR) is 81.8 cm³/mol. The van der Waals surface area contributed by atoms with Crippen molar-refractivity contribution < 1.29 is 9.59 Å². The van der Waals surface area contributed by atoms with Crippen molar-refractivity contribution in [2.75, 3.05) is 10.6 Å². The van der Waals surface area contributed by atoms with Crippen molar-refractivity contribution in [3.63, 3.8) is 0 Å². The van der Waals surface area contributed by atoms with E-state index in [9.17, 15) is 9.59 Å². The van der Waals surface area contributed by atoms with Crippen molar-refractivity contribution in [1.82, 2.24) is 5.32 Å². The molecule has 5 nitrogen and oxygen atoms in total. The molecular weight excluding hydrogens is 254 g/mol. The minimum atomic E-state index is -0.271. The highest BCUT2D eigenvalue weighted by Gasteiger charge is 2.04. The predicted octanol–water partition coefficient (Wildman–Crippen LogP) is 3.12. The van der Waals surface area contributed by atoms with Crippen LogP contribution in [0.5, 0.6) is 0 Å². The van der Waals surface area contributed by atoms with Gasteiger partial charge in [-0.25, -0.2) is 4.79 Å². The summed E-state index contributed by atoms with van der Waals surface area (Å²) in [5.41, 5.74) is 2.18. The van der Waals surface area contributed by atoms with E-state index in [1.807, 2.05) is 27.7 Å². The Morgan fingerprint density at radius 2 is 1.70 bits per heavy atom. The maximum Gasteiger partial charge on any atom is 0.319 e. The number of allylic oxidation sites excluding steroid dienone is 1. The smallest absolute Gasteiger partial charge is 0.319 e. The second-order valence-electron chi connectivity index (χ2n) is 5.04. The van der Waals surface area contributed by atoms with Gasteiger partial charge in [-0.05, 0) is 45.9 Å². The lowest BCUT2D eigenvalue weighted by Gasteiger charge is -2.11. The highest BCUT2D eigenvalue weighted by molar-refractivity contribution is 6.00. The van der Waals surface area contributed by atoms with E-state index >= 15 is 0 Å². The summed E-state index contributed by atoms with van der Waals surface area (Å²) in [6, 6.07) is 6.79. The van der Waals surface area contributed by atoms with E-state index in [0.29, 0.717) is 11.4 Å². The van der Waals surface area contributed by atoms with Crippen LogP contribution in [0.2, 0.25) is 0 Å². The van der Waals surface area contributed by atoms with E-state index in [2.05, 4.69) is 16.0 Å². The van der Waals surface area contributed by atoms with Crippen LogP contribution in [0.15, 0.2) is 35.9 Å². The van der Waals surface area contributed by atoms with Crippen molar-refractivity contribution >= 4 is 23.3 Å². The van der Waals surface area contributed by atoms with Crippen LogP contribution in [-0.4, -0.2) is 18.0 Å². The van der Waals surface area contributed by atoms with E-state index in [4.69, 9.17) is 0 Å². The molecule has 0 unspecified atom stereocenters. The van der Waals surface area contributed by atoms with Crippen molar-refractivity contribution in [1.29, 1.82) is 0 Å². The summed E-state index contributed by atoms with van der Waals surface area (Å²) in [7, 11) is 0. The Morgan fingerprint density at radius 1 is 1.10 bits per heavy atom. The number of carbonyl (C=O) groups is 2. The number of urea groups is 1. The van der Waals surface area contributed by atoms with Crippen LogP contribution in [-0.2, 0) is 4.79 Å². The first kappa shape index (κ1) is 15.8. The van der Waals surface area contributed by atoms with Crippen LogP contribution in [0.1, 0.15) is 27.7 Å². The lowest BCUT2D eigenvalue weighted by atomic mass is 10.2. The Balaban J connectivity index is 2.69. The molecule has 0 atom stereocenters. The molecule has 108 valence electrons. The molecule has 0 fully saturated rings. The van der Waals surface area contributed by atoms with Crippen LogP contribution < -0.4 is 16.0 Å². The van der Waals surface area contributed by atoms with Crippen LogP contribution in [0.4, 0.5) is 16.2 Å². The molecule has 0 spiro atoms. The summed E-state index contributed by atoms with van der Waals surface area (Å²) in [4.78, 5) is 23.2. The highest BCUT2D eigenvalue weighted by atomic mass is 16.2. The number of benzene rings is 1. The summed E-state index contributed by atoms with van der Waals surface area (Å²) in [5, 5.41) is 8.18. The fourth-order valence-electron chi connectivity index (χ4n) is 1.54. The largest absolute Gasteiger partial charge is 0.336 e. The first-order chi connectivity index (χ1) is 9.36. The first-order valence-electron chi connectivity index (χ1n) is 6.50. The van der Waals surface area contributed by atoms with E-state index in [0.717, 1.165) is 5.57 Å². The van der Waals surface area contributed by atoms with Gasteiger partial charge in [0.2, 0.25) is 5.91 Å². The minimum absolute atomic E-state index is 0.0653. The lowest BCUT2D eigenvalue weighted by molar-refractivity contribution is -0.111. The fourth-order valence-corrected chi connectivity index (χ4v) is 1.54. The van der Waals surface area contributed by atoms with Crippen LogP contribution in [0, 0.1) is 0 Å². The maximum atomic E-state index is 11.6. The third-order valence-electron chi connectivity index (χ3n) is 2.23. The van der Waals surface area contributed by atoms with E-state index in [-0.39, 0.29) is 18.0 Å². The third-order valence-corrected chi connectivity index (χ3v) is 2.23. The average molecular weight is 275 g/mol. The fraction of sp³-hybridized carbons (Fsp3) is 0.333. The second-order valence-corrected chi connectivity index (χ2v) is 5.04. The molecule has 0 bridgehead atoms. The molecule has 0 aromatic heterocycles. The quantitative estimate of drug-likeness (QED) is 0.739. The zero-order valence-corrected chi connectivity index (χ0v) is 12.3. The molecule has 3 amide bonds. The average Bonchev–Trinajstić information content (AvgIpc) is 2.26. The van der Waals surface area contributed by atoms with E-state index < -0.39 is 0 Å². The molecular formula is C15H21N3O2. The van der Waals surface area contributed by atoms with Crippen molar-refractivity contribution in [3.05, 3.63) is 35.9 Å². The summed E-state index contributed by atoms with van der Waals surface area (Å²) < 4.78 is 0. The van der Waals surface area contributed by atoms with Gasteiger partial charge in [-0.1, -0.05) is 11.6 Å². The summed E-state index contributed by atoms with van der Waals surface area (Å²) >= 11 is 0. The van der Waals surface area contributed by atoms with Crippen LogP contribution in [0.3, 0.4) is 0 Å². The molecule has 20 heavy (non-hydrogen) atoms. The highest BCUT2D eigenvalue weighted by Crippen LogP contribution is 2.15. The Hall–Kier alpha value is -2.30. The number of carbonyl (C=O) groups excluding carboxylic acids is 2. The summed E-state index contributed by atoms with van der Waals surface area (Å²) in [6.45, 7) is 7.48. The van der Waals surface area contributed by atoms with Gasteiger partial charge in [-0.3, -0.25) is 4.79 Å². The monoisotopic (exact) mass is 275 g/mol. The molecule has 0 radical (unpaired) electrons. The van der Waals surface area contributed by atoms with Gasteiger partial charge >= 0.3 is 6.03 Å². The molecule has 3 N–H and O–H groups in total. The molecule has 1 aromatic rings. The van der Waals surface area contributed by atoms with Gasteiger partial charge in [0, 0.05) is 23.5 Å². The molecule has 1 aromatic carbocycles.